The maximum absolute atomic E-state index is 14.7. The average Bonchev–Trinajstić information content (AvgIpc) is 1.64. The van der Waals surface area contributed by atoms with Crippen molar-refractivity contribution >= 4 is 41.1 Å². The number of ketones is 2. The number of aryl methyl sites for hydroxylation is 2. The van der Waals surface area contributed by atoms with Crippen LogP contribution in [-0.2, 0) is 72.1 Å². The third-order valence-corrected chi connectivity index (χ3v) is 24.5. The molecule has 502 valence electrons. The van der Waals surface area contributed by atoms with E-state index < -0.39 is 53.3 Å². The molecule has 0 aromatic carbocycles. The molecule has 2 aromatic heterocycles. The molecule has 6 fully saturated rings. The number of hydrogen-bond acceptors (Lipinski definition) is 15. The zero-order chi connectivity index (χ0) is 65.1. The summed E-state index contributed by atoms with van der Waals surface area (Å²) in [5.41, 5.74) is 6.45. The van der Waals surface area contributed by atoms with Gasteiger partial charge in [-0.25, -0.2) is 0 Å². The molecule has 24 nitrogen and oxygen atoms in total. The molecule has 0 bridgehead atoms. The number of nitrogens with two attached hydrogens (primary N) is 1. The highest BCUT2D eigenvalue weighted by Gasteiger charge is 2.68. The van der Waals surface area contributed by atoms with Crippen molar-refractivity contribution in [1.82, 2.24) is 45.5 Å². The first-order valence-corrected chi connectivity index (χ1v) is 33.9. The highest BCUT2D eigenvalue weighted by Crippen LogP contribution is 2.71. The van der Waals surface area contributed by atoms with Crippen molar-refractivity contribution in [1.29, 1.82) is 0 Å². The van der Waals surface area contributed by atoms with Gasteiger partial charge in [0.2, 0.25) is 40.9 Å². The summed E-state index contributed by atoms with van der Waals surface area (Å²) in [5.74, 6) is 0.417. The fraction of sp³-hybridized carbons (Fsp3) is 0.776. The van der Waals surface area contributed by atoms with Crippen molar-refractivity contribution in [2.24, 2.45) is 62.9 Å². The normalized spacial score (nSPS) is 32.3. The Kier molecular flexibility index (Phi) is 21.0. The molecule has 0 aliphatic heterocycles. The second-order valence-electron chi connectivity index (χ2n) is 29.1. The summed E-state index contributed by atoms with van der Waals surface area (Å²) in [5, 5.41) is 44.4. The van der Waals surface area contributed by atoms with Gasteiger partial charge >= 0.3 is 0 Å². The lowest BCUT2D eigenvalue weighted by atomic mass is 9.46. The second-order valence-corrected chi connectivity index (χ2v) is 29.1. The third kappa shape index (κ3) is 13.4. The monoisotopic (exact) mass is 1270 g/mol. The van der Waals surface area contributed by atoms with Gasteiger partial charge in [0.1, 0.15) is 24.3 Å². The van der Waals surface area contributed by atoms with Crippen LogP contribution in [0.3, 0.4) is 0 Å². The van der Waals surface area contributed by atoms with Crippen molar-refractivity contribution in [3.05, 3.63) is 47.1 Å². The molecule has 8 aliphatic rings. The lowest BCUT2D eigenvalue weighted by Crippen LogP contribution is -2.54. The zero-order valence-electron chi connectivity index (χ0n) is 55.2. The van der Waals surface area contributed by atoms with E-state index in [-0.39, 0.29) is 99.4 Å². The number of aromatic nitrogens is 6. The van der Waals surface area contributed by atoms with E-state index in [1.807, 2.05) is 29.2 Å². The standard InChI is InChI=1S/C67H102N12O12/c1-62-20-14-47(80)36-45(62)10-12-49-51(62)16-22-64(3)53(49)18-24-66(64,87)55-39-78(72-70-55)28-8-26-69-38-58(83)76(31-34-90-6)43-59(84)74(42-61(86)77(32-35-91-7)44-60(85)75(30-33-89-5)41-57(68)82)27-9-29-79-40-56(71-73-79)67(88)25-19-54-50-13-11-46-37-48(81)15-21-63(46,2)52(50)17-23-65(54,67)4/h36-37,39-40,49-54,69,87-88H,8-35,38,41-44H2,1-7H3,(H2,68,82)/p+2/t49?,50?,51?,52?,53?,54?,62-,63-,64-,65-,66+,67+/m0/s1. The number of hydrogen-bond donors (Lipinski definition) is 6. The molecule has 12 atom stereocenters. The summed E-state index contributed by atoms with van der Waals surface area (Å²) in [6.07, 6.45) is 22.4. The lowest BCUT2D eigenvalue weighted by molar-refractivity contribution is -0.754. The quantitative estimate of drug-likeness (QED) is 0.0504. The summed E-state index contributed by atoms with van der Waals surface area (Å²) in [6, 6.07) is 0. The van der Waals surface area contributed by atoms with E-state index in [9.17, 15) is 43.8 Å². The van der Waals surface area contributed by atoms with Gasteiger partial charge in [0.15, 0.2) is 24.0 Å². The van der Waals surface area contributed by atoms with Crippen LogP contribution in [0, 0.1) is 57.2 Å². The first-order valence-electron chi connectivity index (χ1n) is 33.9. The molecule has 91 heavy (non-hydrogen) atoms. The van der Waals surface area contributed by atoms with Crippen LogP contribution in [0.5, 0.6) is 0 Å². The van der Waals surface area contributed by atoms with Crippen molar-refractivity contribution in [2.75, 3.05) is 107 Å². The summed E-state index contributed by atoms with van der Waals surface area (Å²) in [4.78, 5) is 99.2. The molecule has 10 rings (SSSR count). The summed E-state index contributed by atoms with van der Waals surface area (Å²) >= 11 is 0. The van der Waals surface area contributed by atoms with E-state index >= 15 is 0 Å². The van der Waals surface area contributed by atoms with Crippen LogP contribution >= 0.6 is 0 Å². The Hall–Kier alpha value is -5.79. The Morgan fingerprint density at radius 2 is 0.967 bits per heavy atom. The molecule has 0 saturated heterocycles. The SMILES string of the molecule is COCCN(CC(N)=O)C(=O)CN(CCOC)C(=O)CN(CCC[n+]1cc([C@]2(O)CCC3C4CCC5=CC(=O)CC[C@]5(C)C4CC[C@@]32C)n[nH]1)C(=O)CN(CCOC)C(=O)CNCCC[n+]1cc([C@]2(O)CCC3C4CCC5=CC(=O)CC[C@]5(C)C4CC[C@@]32C)n[nH]1. The highest BCUT2D eigenvalue weighted by atomic mass is 16.5. The molecule has 8 aliphatic carbocycles. The Bertz CT molecular complexity index is 3080. The number of carbonyl (C=O) groups excluding carboxylic acids is 7. The van der Waals surface area contributed by atoms with Gasteiger partial charge in [-0.1, -0.05) is 49.3 Å². The maximum Gasteiger partial charge on any atom is 0.250 e. The number of aliphatic hydroxyl groups is 2. The zero-order valence-corrected chi connectivity index (χ0v) is 55.2. The van der Waals surface area contributed by atoms with Gasteiger partial charge in [-0.15, -0.1) is 0 Å². The van der Waals surface area contributed by atoms with Gasteiger partial charge in [0.25, 0.3) is 0 Å². The molecule has 6 saturated carbocycles. The number of ether oxygens (including phenoxy) is 3. The number of primary amides is 1. The van der Waals surface area contributed by atoms with Crippen molar-refractivity contribution in [3.8, 4) is 0 Å². The van der Waals surface area contributed by atoms with Crippen LogP contribution in [0.1, 0.15) is 155 Å². The first-order chi connectivity index (χ1) is 43.4. The van der Waals surface area contributed by atoms with Crippen molar-refractivity contribution in [2.45, 2.75) is 168 Å². The first kappa shape index (κ1) is 68.1. The van der Waals surface area contributed by atoms with Gasteiger partial charge in [-0.05, 0) is 161 Å². The number of nitrogens with one attached hydrogen (secondary N) is 3. The number of aromatic amines is 2. The molecule has 5 amide bonds. The number of carbonyl (C=O) groups is 7. The van der Waals surface area contributed by atoms with Crippen LogP contribution in [-0.4, -0.2) is 198 Å². The second kappa shape index (κ2) is 28.0. The van der Waals surface area contributed by atoms with Gasteiger partial charge < -0.3 is 55.1 Å². The topological polar surface area (TPSA) is 304 Å². The van der Waals surface area contributed by atoms with E-state index in [0.29, 0.717) is 105 Å². The van der Waals surface area contributed by atoms with Crippen LogP contribution in [0.4, 0.5) is 0 Å². The molecule has 0 spiro atoms. The molecule has 6 unspecified atom stereocenters. The number of allylic oxidation sites excluding steroid dienone is 2. The molecule has 0 radical (unpaired) electrons. The maximum atomic E-state index is 14.7. The number of fused-ring (bicyclic) bond motifs is 10. The molecule has 2 heterocycles. The molecule has 24 heteroatoms. The summed E-state index contributed by atoms with van der Waals surface area (Å²) in [6.45, 7) is 9.50. The Labute approximate surface area is 536 Å². The fourth-order valence-electron chi connectivity index (χ4n) is 19.1. The number of methoxy groups -OCH3 is 3. The predicted octanol–water partition coefficient (Wildman–Crippen LogP) is 2.96. The Morgan fingerprint density at radius 3 is 1.41 bits per heavy atom. The predicted molar refractivity (Wildman–Crippen MR) is 332 cm³/mol. The number of nitrogens with zero attached hydrogens (tertiary/aromatic N) is 8. The van der Waals surface area contributed by atoms with Gasteiger partial charge in [-0.3, -0.25) is 33.6 Å². The summed E-state index contributed by atoms with van der Waals surface area (Å²) < 4.78 is 19.6. The van der Waals surface area contributed by atoms with E-state index in [4.69, 9.17) is 30.1 Å². The van der Waals surface area contributed by atoms with E-state index in [1.54, 1.807) is 4.68 Å². The summed E-state index contributed by atoms with van der Waals surface area (Å²) in [7, 11) is 4.45. The third-order valence-electron chi connectivity index (χ3n) is 24.5. The minimum Gasteiger partial charge on any atom is -0.383 e. The number of rotatable bonds is 29. The van der Waals surface area contributed by atoms with Crippen LogP contribution < -0.4 is 20.4 Å². The smallest absolute Gasteiger partial charge is 0.250 e. The van der Waals surface area contributed by atoms with E-state index in [1.165, 1.54) is 52.1 Å². The Morgan fingerprint density at radius 1 is 0.560 bits per heavy atom. The molecule has 2 aromatic rings. The number of amides is 5. The van der Waals surface area contributed by atoms with E-state index in [0.717, 1.165) is 77.0 Å². The average molecular weight is 1270 g/mol. The van der Waals surface area contributed by atoms with Crippen molar-refractivity contribution < 1.29 is 67.3 Å². The largest absolute Gasteiger partial charge is 0.383 e. The van der Waals surface area contributed by atoms with Crippen LogP contribution in [0.15, 0.2) is 35.7 Å². The fourth-order valence-corrected chi connectivity index (χ4v) is 19.1. The minimum atomic E-state index is -1.17. The van der Waals surface area contributed by atoms with E-state index in [2.05, 4.69) is 43.4 Å². The number of H-pyrrole nitrogens is 2. The van der Waals surface area contributed by atoms with Crippen LogP contribution in [0.2, 0.25) is 0 Å². The lowest BCUT2D eigenvalue weighted by Gasteiger charge is -2.58. The van der Waals surface area contributed by atoms with Crippen LogP contribution in [0.25, 0.3) is 0 Å². The molecular weight excluding hydrogens is 1160 g/mol. The van der Waals surface area contributed by atoms with Crippen molar-refractivity contribution in [3.63, 3.8) is 0 Å². The van der Waals surface area contributed by atoms with Gasteiger partial charge in [0.05, 0.1) is 52.5 Å². The molecular formula is C67H104N12O12+2. The molecule has 7 N–H and O–H groups in total. The van der Waals surface area contributed by atoms with Gasteiger partial charge in [-0.2, -0.15) is 9.36 Å². The highest BCUT2D eigenvalue weighted by molar-refractivity contribution is 5.93. The minimum absolute atomic E-state index is 0.00464. The van der Waals surface area contributed by atoms with Gasteiger partial charge in [0, 0.05) is 87.8 Å². The Balaban J connectivity index is 0.771.